The number of imidazole rings is 1. The molecule has 2 aromatic heterocycles. The van der Waals surface area contributed by atoms with Gasteiger partial charge in [0.15, 0.2) is 5.75 Å². The minimum Gasteiger partial charge on any atom is -0.484 e. The third kappa shape index (κ3) is 5.55. The molecule has 10 heteroatoms. The third-order valence-electron chi connectivity index (χ3n) is 6.55. The lowest BCUT2D eigenvalue weighted by molar-refractivity contribution is 0.227. The largest absolute Gasteiger partial charge is 0.484 e. The van der Waals surface area contributed by atoms with Gasteiger partial charge in [-0.05, 0) is 97.0 Å². The Morgan fingerprint density at radius 3 is 2.70 bits per heavy atom. The number of aryl methyl sites for hydroxylation is 2. The van der Waals surface area contributed by atoms with E-state index in [-0.39, 0.29) is 11.5 Å². The first kappa shape index (κ1) is 25.8. The van der Waals surface area contributed by atoms with Crippen molar-refractivity contribution < 1.29 is 9.13 Å². The van der Waals surface area contributed by atoms with Gasteiger partial charge in [0.1, 0.15) is 28.0 Å². The normalized spacial score (nSPS) is 14.1. The van der Waals surface area contributed by atoms with Crippen LogP contribution in [0.15, 0.2) is 56.8 Å². The van der Waals surface area contributed by atoms with Crippen molar-refractivity contribution in [3.05, 3.63) is 84.9 Å². The highest BCUT2D eigenvalue weighted by molar-refractivity contribution is 9.10. The number of benzene rings is 2. The Morgan fingerprint density at radius 1 is 1.19 bits per heavy atom. The molecule has 0 saturated heterocycles. The molecule has 0 unspecified atom stereocenters. The summed E-state index contributed by atoms with van der Waals surface area (Å²) >= 11 is 7.17. The second-order valence-corrected chi connectivity index (χ2v) is 11.2. The zero-order valence-corrected chi connectivity index (χ0v) is 23.9. The van der Waals surface area contributed by atoms with Crippen molar-refractivity contribution >= 4 is 37.5 Å². The van der Waals surface area contributed by atoms with Gasteiger partial charge in [-0.15, -0.1) is 4.91 Å². The molecule has 0 aliphatic heterocycles. The van der Waals surface area contributed by atoms with Crippen LogP contribution in [-0.2, 0) is 13.1 Å². The number of hydrogen-bond donors (Lipinski definition) is 0. The van der Waals surface area contributed by atoms with E-state index in [0.717, 1.165) is 38.1 Å². The summed E-state index contributed by atoms with van der Waals surface area (Å²) in [6.07, 6.45) is 3.91. The average molecular weight is 631 g/mol. The molecule has 2 aromatic carbocycles. The Bertz CT molecular complexity index is 1480. The quantitative estimate of drug-likeness (QED) is 0.176. The van der Waals surface area contributed by atoms with Crippen molar-refractivity contribution in [2.75, 3.05) is 0 Å². The van der Waals surface area contributed by atoms with Crippen LogP contribution in [0.2, 0.25) is 0 Å². The van der Waals surface area contributed by atoms with Gasteiger partial charge in [-0.1, -0.05) is 15.9 Å². The van der Waals surface area contributed by atoms with Gasteiger partial charge >= 0.3 is 0 Å². The number of rotatable bonds is 9. The highest BCUT2D eigenvalue weighted by Gasteiger charge is 2.25. The van der Waals surface area contributed by atoms with Crippen molar-refractivity contribution in [2.45, 2.75) is 52.8 Å². The fourth-order valence-electron chi connectivity index (χ4n) is 4.47. The number of aromatic nitrogens is 4. The number of nitroso groups, excluding NO2 is 1. The van der Waals surface area contributed by atoms with Crippen molar-refractivity contribution in [1.82, 2.24) is 19.3 Å². The van der Waals surface area contributed by atoms with E-state index in [1.807, 2.05) is 31.6 Å². The van der Waals surface area contributed by atoms with Gasteiger partial charge in [0.25, 0.3) is 0 Å². The Hall–Kier alpha value is -2.85. The maximum Gasteiger partial charge on any atom is 0.150 e. The molecule has 0 radical (unpaired) electrons. The highest BCUT2D eigenvalue weighted by Crippen LogP contribution is 2.37. The van der Waals surface area contributed by atoms with Gasteiger partial charge in [-0.3, -0.25) is 4.68 Å². The van der Waals surface area contributed by atoms with Crippen LogP contribution in [0.1, 0.15) is 48.4 Å². The van der Waals surface area contributed by atoms with Crippen LogP contribution in [0.4, 0.5) is 10.1 Å². The maximum atomic E-state index is 14.5. The predicted octanol–water partition coefficient (Wildman–Crippen LogP) is 8.02. The molecule has 1 fully saturated rings. The lowest BCUT2D eigenvalue weighted by Gasteiger charge is -2.20. The molecule has 1 atom stereocenters. The van der Waals surface area contributed by atoms with E-state index in [1.54, 1.807) is 24.3 Å². The predicted molar refractivity (Wildman–Crippen MR) is 147 cm³/mol. The second kappa shape index (κ2) is 10.5. The molecule has 0 N–H and O–H groups in total. The number of hydrogen-bond acceptors (Lipinski definition) is 5. The topological polar surface area (TPSA) is 74.3 Å². The molecule has 37 heavy (non-hydrogen) atoms. The van der Waals surface area contributed by atoms with E-state index in [4.69, 9.17) is 14.8 Å². The van der Waals surface area contributed by atoms with Gasteiger partial charge in [0.2, 0.25) is 0 Å². The van der Waals surface area contributed by atoms with E-state index in [9.17, 15) is 9.30 Å². The number of nitrogens with zero attached hydrogens (tertiary/aromatic N) is 5. The van der Waals surface area contributed by atoms with Crippen LogP contribution in [0, 0.1) is 30.5 Å². The lowest BCUT2D eigenvalue weighted by atomic mass is 10.0. The van der Waals surface area contributed by atoms with E-state index >= 15 is 0 Å². The molecule has 0 spiro atoms. The Labute approximate surface area is 231 Å². The fraction of sp³-hybridized carbons (Fsp3) is 0.333. The summed E-state index contributed by atoms with van der Waals surface area (Å²) in [5.74, 6) is 1.34. The summed E-state index contributed by atoms with van der Waals surface area (Å²) in [4.78, 5) is 16.1. The monoisotopic (exact) mass is 629 g/mol. The molecular weight excluding hydrogens is 605 g/mol. The van der Waals surface area contributed by atoms with Crippen molar-refractivity contribution in [3.8, 4) is 17.1 Å². The van der Waals surface area contributed by atoms with E-state index in [1.165, 1.54) is 25.0 Å². The summed E-state index contributed by atoms with van der Waals surface area (Å²) in [5.41, 5.74) is 4.43. The Kier molecular flexibility index (Phi) is 7.31. The van der Waals surface area contributed by atoms with E-state index in [0.29, 0.717) is 29.6 Å². The fourth-order valence-corrected chi connectivity index (χ4v) is 5.45. The van der Waals surface area contributed by atoms with E-state index < -0.39 is 6.10 Å². The molecule has 1 saturated carbocycles. The zero-order valence-electron chi connectivity index (χ0n) is 20.7. The number of ether oxygens (including phenoxy) is 1. The Morgan fingerprint density at radius 2 is 1.97 bits per heavy atom. The van der Waals surface area contributed by atoms with Crippen LogP contribution >= 0.6 is 31.9 Å². The summed E-state index contributed by atoms with van der Waals surface area (Å²) in [6.45, 7) is 7.25. The molecule has 1 aliphatic carbocycles. The first-order valence-corrected chi connectivity index (χ1v) is 13.7. The highest BCUT2D eigenvalue weighted by atomic mass is 79.9. The first-order valence-electron chi connectivity index (χ1n) is 12.1. The Balaban J connectivity index is 1.51. The summed E-state index contributed by atoms with van der Waals surface area (Å²) in [5, 5.41) is 7.81. The van der Waals surface area contributed by atoms with Gasteiger partial charge in [-0.2, -0.15) is 5.10 Å². The zero-order chi connectivity index (χ0) is 26.3. The molecular formula is C27H26Br2FN5O2. The molecule has 1 aliphatic rings. The number of halogens is 3. The third-order valence-corrected chi connectivity index (χ3v) is 7.93. The lowest BCUT2D eigenvalue weighted by Crippen LogP contribution is -2.09. The SMILES string of the molecule is Cc1cn(Cc2c(C)nn(CC3CC3)c2Br)c(-c2ccc(F)cc2[C@@H](C)Oc2cc(Br)ccc2N=O)n1. The van der Waals surface area contributed by atoms with Crippen LogP contribution in [0.5, 0.6) is 5.75 Å². The van der Waals surface area contributed by atoms with Gasteiger partial charge < -0.3 is 9.30 Å². The molecule has 2 heterocycles. The molecule has 0 amide bonds. The summed E-state index contributed by atoms with van der Waals surface area (Å²) < 4.78 is 26.4. The standard InChI is InChI=1S/C27H26Br2FN5O2/c1-15-12-34(14-23-16(2)32-35(26(23)29)13-18-4-5-18)27(31-15)21-8-7-20(30)11-22(21)17(3)37-25-10-19(28)6-9-24(25)33-36/h6-12,17-18H,4-5,13-14H2,1-3H3/t17-/m1/s1. The molecule has 192 valence electrons. The van der Waals surface area contributed by atoms with Crippen molar-refractivity contribution in [1.29, 1.82) is 0 Å². The van der Waals surface area contributed by atoms with Crippen LogP contribution in [-0.4, -0.2) is 19.3 Å². The maximum absolute atomic E-state index is 14.5. The van der Waals surface area contributed by atoms with Crippen molar-refractivity contribution in [3.63, 3.8) is 0 Å². The second-order valence-electron chi connectivity index (χ2n) is 9.51. The van der Waals surface area contributed by atoms with E-state index in [2.05, 4.69) is 41.6 Å². The molecule has 0 bridgehead atoms. The van der Waals surface area contributed by atoms with Gasteiger partial charge in [-0.25, -0.2) is 9.37 Å². The van der Waals surface area contributed by atoms with Gasteiger partial charge in [0, 0.05) is 33.9 Å². The first-order chi connectivity index (χ1) is 17.7. The van der Waals surface area contributed by atoms with Crippen molar-refractivity contribution in [2.24, 2.45) is 11.1 Å². The minimum absolute atomic E-state index is 0.175. The van der Waals surface area contributed by atoms with Crippen LogP contribution in [0.25, 0.3) is 11.4 Å². The molecule has 7 nitrogen and oxygen atoms in total. The van der Waals surface area contributed by atoms with Crippen LogP contribution in [0.3, 0.4) is 0 Å². The average Bonchev–Trinajstić information content (AvgIpc) is 3.55. The minimum atomic E-state index is -0.583. The summed E-state index contributed by atoms with van der Waals surface area (Å²) in [7, 11) is 0. The molecule has 5 rings (SSSR count). The van der Waals surface area contributed by atoms with Gasteiger partial charge in [0.05, 0.1) is 17.9 Å². The molecule has 4 aromatic rings. The smallest absolute Gasteiger partial charge is 0.150 e. The van der Waals surface area contributed by atoms with Crippen LogP contribution < -0.4 is 4.74 Å². The summed E-state index contributed by atoms with van der Waals surface area (Å²) in [6, 6.07) is 9.57.